The number of fused-ring (bicyclic) bond motifs is 1. The minimum Gasteiger partial charge on any atom is -0.508 e. The number of benzene rings is 2. The molecule has 0 saturated heterocycles. The van der Waals surface area contributed by atoms with Crippen LogP contribution < -0.4 is 9.47 Å². The molecule has 2 aromatic rings. The van der Waals surface area contributed by atoms with Gasteiger partial charge < -0.3 is 19.7 Å². The van der Waals surface area contributed by atoms with Gasteiger partial charge in [-0.3, -0.25) is 0 Å². The van der Waals surface area contributed by atoms with Gasteiger partial charge in [-0.1, -0.05) is 6.07 Å². The molecule has 0 aliphatic carbocycles. The van der Waals surface area contributed by atoms with Gasteiger partial charge in [-0.05, 0) is 48.2 Å². The SMILES string of the molecule is Oc1cc(O)cc(CCc2ccc3c(c2)OCO3)c1. The molecule has 1 aliphatic rings. The predicted octanol–water partition coefficient (Wildman–Crippen LogP) is 2.61. The highest BCUT2D eigenvalue weighted by Gasteiger charge is 2.13. The highest BCUT2D eigenvalue weighted by Crippen LogP contribution is 2.33. The van der Waals surface area contributed by atoms with Gasteiger partial charge in [0.15, 0.2) is 11.5 Å². The average Bonchev–Trinajstić information content (AvgIpc) is 2.82. The normalized spacial score (nSPS) is 12.6. The Morgan fingerprint density at radius 1 is 0.789 bits per heavy atom. The summed E-state index contributed by atoms with van der Waals surface area (Å²) in [6.07, 6.45) is 1.54. The van der Waals surface area contributed by atoms with E-state index in [4.69, 9.17) is 9.47 Å². The van der Waals surface area contributed by atoms with Crippen LogP contribution in [-0.4, -0.2) is 17.0 Å². The van der Waals surface area contributed by atoms with Crippen LogP contribution in [0.5, 0.6) is 23.0 Å². The number of aromatic hydroxyl groups is 2. The third kappa shape index (κ3) is 2.57. The van der Waals surface area contributed by atoms with Gasteiger partial charge in [-0.2, -0.15) is 0 Å². The molecule has 0 saturated carbocycles. The summed E-state index contributed by atoms with van der Waals surface area (Å²) in [6.45, 7) is 0.277. The van der Waals surface area contributed by atoms with Crippen LogP contribution in [0, 0.1) is 0 Å². The summed E-state index contributed by atoms with van der Waals surface area (Å²) in [5.41, 5.74) is 2.03. The number of hydrogen-bond donors (Lipinski definition) is 2. The van der Waals surface area contributed by atoms with Crippen molar-refractivity contribution in [3.63, 3.8) is 0 Å². The zero-order chi connectivity index (χ0) is 13.2. The number of hydrogen-bond acceptors (Lipinski definition) is 4. The number of phenols is 2. The Morgan fingerprint density at radius 3 is 2.26 bits per heavy atom. The fraction of sp³-hybridized carbons (Fsp3) is 0.200. The van der Waals surface area contributed by atoms with Crippen LogP contribution in [0.15, 0.2) is 36.4 Å². The molecule has 0 atom stereocenters. The van der Waals surface area contributed by atoms with E-state index in [0.29, 0.717) is 0 Å². The van der Waals surface area contributed by atoms with E-state index in [1.54, 1.807) is 12.1 Å². The molecule has 2 N–H and O–H groups in total. The first-order valence-electron chi connectivity index (χ1n) is 6.11. The molecule has 19 heavy (non-hydrogen) atoms. The molecule has 3 rings (SSSR count). The lowest BCUT2D eigenvalue weighted by molar-refractivity contribution is 0.174. The first-order chi connectivity index (χ1) is 9.20. The van der Waals surface area contributed by atoms with Crippen molar-refractivity contribution in [1.29, 1.82) is 0 Å². The lowest BCUT2D eigenvalue weighted by Crippen LogP contribution is -1.93. The molecule has 0 fully saturated rings. The van der Waals surface area contributed by atoms with Crippen molar-refractivity contribution in [1.82, 2.24) is 0 Å². The number of ether oxygens (including phenoxy) is 2. The summed E-state index contributed by atoms with van der Waals surface area (Å²) >= 11 is 0. The maximum Gasteiger partial charge on any atom is 0.231 e. The van der Waals surface area contributed by atoms with Gasteiger partial charge >= 0.3 is 0 Å². The van der Waals surface area contributed by atoms with Gasteiger partial charge in [0.1, 0.15) is 11.5 Å². The molecule has 0 aromatic heterocycles. The second kappa shape index (κ2) is 4.72. The van der Waals surface area contributed by atoms with Gasteiger partial charge in [-0.15, -0.1) is 0 Å². The molecule has 2 aromatic carbocycles. The Hall–Kier alpha value is -2.36. The summed E-state index contributed by atoms with van der Waals surface area (Å²) in [6, 6.07) is 10.5. The van der Waals surface area contributed by atoms with Crippen LogP contribution in [-0.2, 0) is 12.8 Å². The summed E-state index contributed by atoms with van der Waals surface area (Å²) in [4.78, 5) is 0. The van der Waals surface area contributed by atoms with Gasteiger partial charge in [0.2, 0.25) is 6.79 Å². The largest absolute Gasteiger partial charge is 0.508 e. The average molecular weight is 258 g/mol. The minimum absolute atomic E-state index is 0.0840. The Morgan fingerprint density at radius 2 is 1.47 bits per heavy atom. The van der Waals surface area contributed by atoms with Crippen molar-refractivity contribution in [2.45, 2.75) is 12.8 Å². The van der Waals surface area contributed by atoms with E-state index in [9.17, 15) is 10.2 Å². The molecule has 1 aliphatic heterocycles. The van der Waals surface area contributed by atoms with Gasteiger partial charge in [0.05, 0.1) is 0 Å². The van der Waals surface area contributed by atoms with Crippen LogP contribution in [0.2, 0.25) is 0 Å². The molecule has 0 amide bonds. The molecule has 98 valence electrons. The number of rotatable bonds is 3. The minimum atomic E-state index is 0.0840. The highest BCUT2D eigenvalue weighted by atomic mass is 16.7. The molecule has 0 spiro atoms. The highest BCUT2D eigenvalue weighted by molar-refractivity contribution is 5.45. The molecular weight excluding hydrogens is 244 g/mol. The Kier molecular flexibility index (Phi) is 2.91. The molecule has 0 radical (unpaired) electrons. The van der Waals surface area contributed by atoms with E-state index < -0.39 is 0 Å². The fourth-order valence-corrected chi connectivity index (χ4v) is 2.19. The van der Waals surface area contributed by atoms with Crippen LogP contribution in [0.25, 0.3) is 0 Å². The lowest BCUT2D eigenvalue weighted by atomic mass is 10.0. The van der Waals surface area contributed by atoms with E-state index in [2.05, 4.69) is 0 Å². The maximum absolute atomic E-state index is 9.42. The van der Waals surface area contributed by atoms with Crippen LogP contribution >= 0.6 is 0 Å². The Balaban J connectivity index is 1.72. The second-order valence-electron chi connectivity index (χ2n) is 4.55. The summed E-state index contributed by atoms with van der Waals surface area (Å²) < 4.78 is 10.6. The van der Waals surface area contributed by atoms with Gasteiger partial charge in [-0.25, -0.2) is 0 Å². The standard InChI is InChI=1S/C15H14O4/c16-12-5-11(6-13(17)8-12)2-1-10-3-4-14-15(7-10)19-9-18-14/h3-8,16-17H,1-2,9H2. The fourth-order valence-electron chi connectivity index (χ4n) is 2.19. The summed E-state index contributed by atoms with van der Waals surface area (Å²) in [5.74, 6) is 1.72. The van der Waals surface area contributed by atoms with Crippen LogP contribution in [0.4, 0.5) is 0 Å². The summed E-state index contributed by atoms with van der Waals surface area (Å²) in [5, 5.41) is 18.8. The number of phenolic OH excluding ortho intramolecular Hbond substituents is 2. The van der Waals surface area contributed by atoms with E-state index >= 15 is 0 Å². The van der Waals surface area contributed by atoms with Crippen LogP contribution in [0.1, 0.15) is 11.1 Å². The van der Waals surface area contributed by atoms with E-state index in [1.807, 2.05) is 18.2 Å². The van der Waals surface area contributed by atoms with Gasteiger partial charge in [0.25, 0.3) is 0 Å². The van der Waals surface area contributed by atoms with Crippen molar-refractivity contribution in [3.8, 4) is 23.0 Å². The Labute approximate surface area is 110 Å². The third-order valence-electron chi connectivity index (χ3n) is 3.10. The summed E-state index contributed by atoms with van der Waals surface area (Å²) in [7, 11) is 0. The zero-order valence-electron chi connectivity index (χ0n) is 10.3. The van der Waals surface area contributed by atoms with Crippen molar-refractivity contribution in [2.75, 3.05) is 6.79 Å². The molecule has 1 heterocycles. The zero-order valence-corrected chi connectivity index (χ0v) is 10.3. The third-order valence-corrected chi connectivity index (χ3v) is 3.10. The van der Waals surface area contributed by atoms with Crippen molar-refractivity contribution in [2.24, 2.45) is 0 Å². The molecule has 4 nitrogen and oxygen atoms in total. The predicted molar refractivity (Wildman–Crippen MR) is 69.7 cm³/mol. The van der Waals surface area contributed by atoms with Crippen molar-refractivity contribution < 1.29 is 19.7 Å². The first-order valence-corrected chi connectivity index (χ1v) is 6.11. The van der Waals surface area contributed by atoms with Crippen molar-refractivity contribution in [3.05, 3.63) is 47.5 Å². The topological polar surface area (TPSA) is 58.9 Å². The van der Waals surface area contributed by atoms with E-state index in [0.717, 1.165) is 35.5 Å². The molecule has 0 unspecified atom stereocenters. The van der Waals surface area contributed by atoms with Gasteiger partial charge in [0, 0.05) is 6.07 Å². The molecule has 4 heteroatoms. The number of aryl methyl sites for hydroxylation is 2. The lowest BCUT2D eigenvalue weighted by Gasteiger charge is -2.05. The second-order valence-corrected chi connectivity index (χ2v) is 4.55. The monoisotopic (exact) mass is 258 g/mol. The Bertz CT molecular complexity index is 587. The van der Waals surface area contributed by atoms with Crippen molar-refractivity contribution >= 4 is 0 Å². The molecule has 0 bridgehead atoms. The smallest absolute Gasteiger partial charge is 0.231 e. The molecular formula is C15H14O4. The quantitative estimate of drug-likeness (QED) is 0.888. The van der Waals surface area contributed by atoms with Crippen LogP contribution in [0.3, 0.4) is 0 Å². The maximum atomic E-state index is 9.42. The van der Waals surface area contributed by atoms with E-state index in [1.165, 1.54) is 6.07 Å². The first kappa shape index (κ1) is 11.7. The van der Waals surface area contributed by atoms with E-state index in [-0.39, 0.29) is 18.3 Å².